The van der Waals surface area contributed by atoms with Crippen molar-refractivity contribution in [1.82, 2.24) is 10.2 Å². The van der Waals surface area contributed by atoms with E-state index in [1.807, 2.05) is 43.3 Å². The topological polar surface area (TPSA) is 78.7 Å². The highest BCUT2D eigenvalue weighted by molar-refractivity contribution is 8.00. The van der Waals surface area contributed by atoms with Crippen molar-refractivity contribution in [3.63, 3.8) is 0 Å². The van der Waals surface area contributed by atoms with E-state index in [4.69, 9.17) is 5.26 Å². The van der Waals surface area contributed by atoms with Crippen molar-refractivity contribution in [3.8, 4) is 6.07 Å². The molecule has 5 nitrogen and oxygen atoms in total. The van der Waals surface area contributed by atoms with Crippen molar-refractivity contribution in [2.75, 3.05) is 5.32 Å². The number of carbonyl (C=O) groups is 1. The van der Waals surface area contributed by atoms with Crippen LogP contribution in [0.15, 0.2) is 52.9 Å². The van der Waals surface area contributed by atoms with Crippen LogP contribution in [0.3, 0.4) is 0 Å². The highest BCUT2D eigenvalue weighted by atomic mass is 32.2. The molecule has 130 valence electrons. The number of hydrogen-bond donors (Lipinski definition) is 1. The lowest BCUT2D eigenvalue weighted by Crippen LogP contribution is -2.14. The average molecular weight is 380 g/mol. The summed E-state index contributed by atoms with van der Waals surface area (Å²) in [5, 5.41) is 20.3. The molecule has 2 aromatic carbocycles. The summed E-state index contributed by atoms with van der Waals surface area (Å²) in [6.45, 7) is 1.99. The van der Waals surface area contributed by atoms with Gasteiger partial charge in [-0.05, 0) is 35.7 Å². The van der Waals surface area contributed by atoms with E-state index < -0.39 is 0 Å². The maximum absolute atomic E-state index is 12.2. The number of hydrogen-bond acceptors (Lipinski definition) is 6. The molecule has 0 aliphatic rings. The third kappa shape index (κ3) is 4.91. The number of nitrogens with one attached hydrogen (secondary N) is 1. The van der Waals surface area contributed by atoms with Gasteiger partial charge in [0.1, 0.15) is 0 Å². The van der Waals surface area contributed by atoms with Gasteiger partial charge in [-0.15, -0.1) is 10.2 Å². The third-order valence-electron chi connectivity index (χ3n) is 3.71. The lowest BCUT2D eigenvalue weighted by molar-refractivity contribution is -0.115. The SMILES string of the molecule is Cc1ccccc1CC(=O)Nc1nnc(SCc2ccc(C#N)cc2)s1. The molecule has 1 amide bonds. The maximum Gasteiger partial charge on any atom is 0.230 e. The van der Waals surface area contributed by atoms with E-state index in [1.54, 1.807) is 23.9 Å². The normalized spacial score (nSPS) is 10.3. The Bertz CT molecular complexity index is 945. The molecule has 1 aromatic heterocycles. The monoisotopic (exact) mass is 380 g/mol. The number of carbonyl (C=O) groups excluding carboxylic acids is 1. The molecular weight excluding hydrogens is 364 g/mol. The van der Waals surface area contributed by atoms with Crippen LogP contribution < -0.4 is 5.32 Å². The Morgan fingerprint density at radius 2 is 1.96 bits per heavy atom. The van der Waals surface area contributed by atoms with Crippen molar-refractivity contribution in [1.29, 1.82) is 5.26 Å². The van der Waals surface area contributed by atoms with Crippen molar-refractivity contribution in [2.24, 2.45) is 0 Å². The molecule has 0 aliphatic heterocycles. The number of nitriles is 1. The first kappa shape index (κ1) is 18.1. The van der Waals surface area contributed by atoms with Gasteiger partial charge < -0.3 is 5.32 Å². The van der Waals surface area contributed by atoms with Crippen molar-refractivity contribution in [2.45, 2.75) is 23.4 Å². The van der Waals surface area contributed by atoms with Gasteiger partial charge >= 0.3 is 0 Å². The summed E-state index contributed by atoms with van der Waals surface area (Å²) >= 11 is 2.91. The summed E-state index contributed by atoms with van der Waals surface area (Å²) in [5.41, 5.74) is 3.85. The van der Waals surface area contributed by atoms with Crippen LogP contribution in [-0.2, 0) is 17.0 Å². The molecule has 0 spiro atoms. The summed E-state index contributed by atoms with van der Waals surface area (Å²) in [6, 6.07) is 17.4. The predicted octanol–water partition coefficient (Wildman–Crippen LogP) is 4.19. The van der Waals surface area contributed by atoms with Gasteiger partial charge in [-0.3, -0.25) is 4.79 Å². The highest BCUT2D eigenvalue weighted by Crippen LogP contribution is 2.28. The van der Waals surface area contributed by atoms with Crippen molar-refractivity contribution in [3.05, 3.63) is 70.8 Å². The van der Waals surface area contributed by atoms with Gasteiger partial charge in [0.05, 0.1) is 18.1 Å². The lowest BCUT2D eigenvalue weighted by atomic mass is 10.1. The molecule has 7 heteroatoms. The van der Waals surface area contributed by atoms with E-state index in [-0.39, 0.29) is 5.91 Å². The van der Waals surface area contributed by atoms with Gasteiger partial charge in [-0.2, -0.15) is 5.26 Å². The molecular formula is C19H16N4OS2. The molecule has 0 radical (unpaired) electrons. The predicted molar refractivity (Wildman–Crippen MR) is 104 cm³/mol. The number of aryl methyl sites for hydroxylation is 1. The van der Waals surface area contributed by atoms with Crippen molar-refractivity contribution >= 4 is 34.1 Å². The van der Waals surface area contributed by atoms with E-state index >= 15 is 0 Å². The van der Waals surface area contributed by atoms with Gasteiger partial charge in [0.15, 0.2) is 4.34 Å². The third-order valence-corrected chi connectivity index (χ3v) is 5.75. The lowest BCUT2D eigenvalue weighted by Gasteiger charge is -2.04. The molecule has 0 atom stereocenters. The number of aromatic nitrogens is 2. The standard InChI is InChI=1S/C19H16N4OS2/c1-13-4-2-3-5-16(13)10-17(24)21-18-22-23-19(26-18)25-12-15-8-6-14(11-20)7-9-15/h2-9H,10,12H2,1H3,(H,21,22,24). The molecule has 0 saturated carbocycles. The fourth-order valence-electron chi connectivity index (χ4n) is 2.28. The smallest absolute Gasteiger partial charge is 0.230 e. The molecule has 0 unspecified atom stereocenters. The molecule has 0 aliphatic carbocycles. The summed E-state index contributed by atoms with van der Waals surface area (Å²) in [6.07, 6.45) is 0.319. The molecule has 1 N–H and O–H groups in total. The summed E-state index contributed by atoms with van der Waals surface area (Å²) in [7, 11) is 0. The number of thioether (sulfide) groups is 1. The zero-order valence-corrected chi connectivity index (χ0v) is 15.7. The Balaban J connectivity index is 1.53. The minimum atomic E-state index is -0.0981. The maximum atomic E-state index is 12.2. The quantitative estimate of drug-likeness (QED) is 0.512. The van der Waals surface area contributed by atoms with Crippen LogP contribution in [0.4, 0.5) is 5.13 Å². The van der Waals surface area contributed by atoms with Gasteiger partial charge in [-0.25, -0.2) is 0 Å². The van der Waals surface area contributed by atoms with Crippen LogP contribution in [-0.4, -0.2) is 16.1 Å². The second-order valence-electron chi connectivity index (χ2n) is 5.62. The summed E-state index contributed by atoms with van der Waals surface area (Å²) < 4.78 is 0.792. The molecule has 1 heterocycles. The Kier molecular flexibility index (Phi) is 6.00. The van der Waals surface area contributed by atoms with Crippen LogP contribution in [0.2, 0.25) is 0 Å². The molecule has 0 bridgehead atoms. The number of anilines is 1. The minimum Gasteiger partial charge on any atom is -0.300 e. The Labute approximate surface area is 160 Å². The Hall–Kier alpha value is -2.69. The Morgan fingerprint density at radius 1 is 1.19 bits per heavy atom. The van der Waals surface area contributed by atoms with E-state index in [2.05, 4.69) is 21.6 Å². The summed E-state index contributed by atoms with van der Waals surface area (Å²) in [4.78, 5) is 12.2. The summed E-state index contributed by atoms with van der Waals surface area (Å²) in [5.74, 6) is 0.636. The number of nitrogens with zero attached hydrogens (tertiary/aromatic N) is 3. The van der Waals surface area contributed by atoms with E-state index in [9.17, 15) is 4.79 Å². The van der Waals surface area contributed by atoms with Gasteiger partial charge in [0.25, 0.3) is 0 Å². The molecule has 3 aromatic rings. The molecule has 0 fully saturated rings. The molecule has 3 rings (SSSR count). The van der Waals surface area contributed by atoms with E-state index in [0.29, 0.717) is 17.1 Å². The number of rotatable bonds is 6. The molecule has 0 saturated heterocycles. The average Bonchev–Trinajstić information content (AvgIpc) is 3.09. The first-order valence-electron chi connectivity index (χ1n) is 7.94. The fourth-order valence-corrected chi connectivity index (χ4v) is 4.01. The second-order valence-corrected chi connectivity index (χ2v) is 7.82. The number of benzene rings is 2. The van der Waals surface area contributed by atoms with Crippen molar-refractivity contribution < 1.29 is 4.79 Å². The van der Waals surface area contributed by atoms with E-state index in [1.165, 1.54) is 11.3 Å². The largest absolute Gasteiger partial charge is 0.300 e. The Morgan fingerprint density at radius 3 is 2.69 bits per heavy atom. The van der Waals surface area contributed by atoms with Crippen LogP contribution in [0.25, 0.3) is 0 Å². The van der Waals surface area contributed by atoms with Gasteiger partial charge in [0, 0.05) is 5.75 Å². The van der Waals surface area contributed by atoms with Crippen LogP contribution in [0.5, 0.6) is 0 Å². The zero-order valence-electron chi connectivity index (χ0n) is 14.1. The van der Waals surface area contributed by atoms with Crippen LogP contribution in [0, 0.1) is 18.3 Å². The van der Waals surface area contributed by atoms with Crippen LogP contribution >= 0.6 is 23.1 Å². The first-order valence-corrected chi connectivity index (χ1v) is 9.74. The number of amides is 1. The first-order chi connectivity index (χ1) is 12.6. The van der Waals surface area contributed by atoms with E-state index in [0.717, 1.165) is 26.8 Å². The second kappa shape index (κ2) is 8.61. The minimum absolute atomic E-state index is 0.0981. The highest BCUT2D eigenvalue weighted by Gasteiger charge is 2.10. The van der Waals surface area contributed by atoms with Gasteiger partial charge in [0.2, 0.25) is 11.0 Å². The zero-order chi connectivity index (χ0) is 18.4. The van der Waals surface area contributed by atoms with Gasteiger partial charge in [-0.1, -0.05) is 59.5 Å². The fraction of sp³-hybridized carbons (Fsp3) is 0.158. The van der Waals surface area contributed by atoms with Crippen LogP contribution in [0.1, 0.15) is 22.3 Å². The molecule has 26 heavy (non-hydrogen) atoms.